The van der Waals surface area contributed by atoms with Crippen LogP contribution in [-0.2, 0) is 0 Å². The molecule has 0 saturated heterocycles. The third-order valence-corrected chi connectivity index (χ3v) is 8.04. The van der Waals surface area contributed by atoms with Gasteiger partial charge in [0.2, 0.25) is 0 Å². The van der Waals surface area contributed by atoms with Crippen LogP contribution in [-0.4, -0.2) is 15.0 Å². The number of aromatic nitrogens is 3. The molecule has 45 heavy (non-hydrogen) atoms. The van der Waals surface area contributed by atoms with Crippen molar-refractivity contribution in [3.05, 3.63) is 151 Å². The van der Waals surface area contributed by atoms with E-state index in [4.69, 9.17) is 29.0 Å². The SMILES string of the molecule is [2H]c1c([2H])c([2H])c2c(oc3c([2H])c([2H])c([2H])c(-c4nc(-c5ccccc5)nc(-c5ccc6cc(-c7cccc8ccccc78)ccc6c5)n4)c32)c1[2H]. The zero-order valence-electron chi connectivity index (χ0n) is 30.6. The van der Waals surface area contributed by atoms with Gasteiger partial charge in [-0.15, -0.1) is 0 Å². The number of hydrogen-bond donors (Lipinski definition) is 0. The summed E-state index contributed by atoms with van der Waals surface area (Å²) in [7, 11) is 0. The van der Waals surface area contributed by atoms with E-state index in [-0.39, 0.29) is 45.4 Å². The molecule has 0 radical (unpaired) electrons. The Balaban J connectivity index is 1.27. The summed E-state index contributed by atoms with van der Waals surface area (Å²) in [5.41, 5.74) is 3.28. The van der Waals surface area contributed by atoms with Crippen LogP contribution in [0.2, 0.25) is 0 Å². The van der Waals surface area contributed by atoms with E-state index in [2.05, 4.69) is 48.5 Å². The Bertz CT molecular complexity index is 2940. The number of hydrogen-bond acceptors (Lipinski definition) is 4. The maximum Gasteiger partial charge on any atom is 0.164 e. The third-order valence-electron chi connectivity index (χ3n) is 8.04. The lowest BCUT2D eigenvalue weighted by molar-refractivity contribution is 0.669. The second-order valence-corrected chi connectivity index (χ2v) is 10.7. The number of fused-ring (bicyclic) bond motifs is 5. The van der Waals surface area contributed by atoms with Crippen molar-refractivity contribution in [1.29, 1.82) is 0 Å². The minimum absolute atomic E-state index is 0.00562. The fourth-order valence-electron chi connectivity index (χ4n) is 5.89. The van der Waals surface area contributed by atoms with Crippen LogP contribution in [0.3, 0.4) is 0 Å². The van der Waals surface area contributed by atoms with Crippen LogP contribution in [0.15, 0.2) is 156 Å². The van der Waals surface area contributed by atoms with E-state index >= 15 is 0 Å². The van der Waals surface area contributed by atoms with Crippen molar-refractivity contribution in [3.63, 3.8) is 0 Å². The van der Waals surface area contributed by atoms with Crippen LogP contribution < -0.4 is 0 Å². The normalized spacial score (nSPS) is 13.7. The van der Waals surface area contributed by atoms with Gasteiger partial charge >= 0.3 is 0 Å². The first-order chi connectivity index (χ1) is 25.2. The number of benzene rings is 7. The van der Waals surface area contributed by atoms with E-state index in [9.17, 15) is 0 Å². The Kier molecular flexibility index (Phi) is 4.38. The molecular weight excluding hydrogens is 550 g/mol. The Hall–Kier alpha value is -6.13. The van der Waals surface area contributed by atoms with Crippen molar-refractivity contribution in [3.8, 4) is 45.3 Å². The van der Waals surface area contributed by atoms with Gasteiger partial charge in [-0.05, 0) is 56.9 Å². The standard InChI is InChI=1S/C41H25N3O/c1-2-11-27(12-3-1)39-42-40(44-41(43-39)35-17-9-19-37-38(35)34-15-6-7-18-36(34)45-37)31-23-21-28-24-30(22-20-29(28)25-31)33-16-8-13-26-10-4-5-14-32(26)33/h1-25H/i6D,7D,9D,15D,17D,18D,19D. The number of nitrogens with zero attached hydrogens (tertiary/aromatic N) is 3. The van der Waals surface area contributed by atoms with Crippen LogP contribution >= 0.6 is 0 Å². The molecule has 0 unspecified atom stereocenters. The van der Waals surface area contributed by atoms with Crippen molar-refractivity contribution in [2.24, 2.45) is 0 Å². The summed E-state index contributed by atoms with van der Waals surface area (Å²) in [4.78, 5) is 14.5. The van der Waals surface area contributed by atoms with E-state index < -0.39 is 30.2 Å². The maximum absolute atomic E-state index is 9.05. The van der Waals surface area contributed by atoms with Crippen LogP contribution in [0.5, 0.6) is 0 Å². The zero-order chi connectivity index (χ0) is 35.8. The monoisotopic (exact) mass is 582 g/mol. The molecule has 9 rings (SSSR count). The summed E-state index contributed by atoms with van der Waals surface area (Å²) in [6.07, 6.45) is 0. The van der Waals surface area contributed by atoms with Gasteiger partial charge in [-0.1, -0.05) is 127 Å². The van der Waals surface area contributed by atoms with E-state index in [0.717, 1.165) is 21.9 Å². The van der Waals surface area contributed by atoms with Crippen LogP contribution in [0, 0.1) is 0 Å². The average molecular weight is 583 g/mol. The molecule has 0 spiro atoms. The molecule has 210 valence electrons. The Morgan fingerprint density at radius 2 is 1.13 bits per heavy atom. The molecule has 0 aliphatic rings. The maximum atomic E-state index is 9.05. The molecule has 2 aromatic heterocycles. The number of para-hydroxylation sites is 1. The van der Waals surface area contributed by atoms with E-state index in [1.54, 1.807) is 0 Å². The zero-order valence-corrected chi connectivity index (χ0v) is 23.6. The van der Waals surface area contributed by atoms with Gasteiger partial charge in [0.15, 0.2) is 17.5 Å². The summed E-state index contributed by atoms with van der Waals surface area (Å²) in [6.45, 7) is 0. The fourth-order valence-corrected chi connectivity index (χ4v) is 5.89. The predicted molar refractivity (Wildman–Crippen MR) is 184 cm³/mol. The third kappa shape index (κ3) is 4.35. The van der Waals surface area contributed by atoms with Gasteiger partial charge in [-0.3, -0.25) is 0 Å². The molecule has 0 amide bonds. The van der Waals surface area contributed by atoms with Crippen LogP contribution in [0.25, 0.3) is 88.8 Å². The first kappa shape index (κ1) is 19.2. The molecule has 0 fully saturated rings. The molecule has 0 N–H and O–H groups in total. The molecule has 0 bridgehead atoms. The molecule has 4 nitrogen and oxygen atoms in total. The highest BCUT2D eigenvalue weighted by atomic mass is 16.3. The Morgan fingerprint density at radius 1 is 0.444 bits per heavy atom. The minimum atomic E-state index is -0.490. The van der Waals surface area contributed by atoms with Crippen LogP contribution in [0.4, 0.5) is 0 Å². The molecule has 2 heterocycles. The van der Waals surface area contributed by atoms with Crippen molar-refractivity contribution < 1.29 is 14.0 Å². The predicted octanol–water partition coefficient (Wildman–Crippen LogP) is 10.7. The van der Waals surface area contributed by atoms with Crippen molar-refractivity contribution in [2.75, 3.05) is 0 Å². The fraction of sp³-hybridized carbons (Fsp3) is 0. The van der Waals surface area contributed by atoms with Gasteiger partial charge in [0.25, 0.3) is 0 Å². The van der Waals surface area contributed by atoms with Gasteiger partial charge in [0.05, 0.1) is 9.60 Å². The lowest BCUT2D eigenvalue weighted by Gasteiger charge is -2.11. The topological polar surface area (TPSA) is 51.8 Å². The lowest BCUT2D eigenvalue weighted by atomic mass is 9.96. The molecule has 4 heteroatoms. The van der Waals surface area contributed by atoms with E-state index in [1.807, 2.05) is 60.7 Å². The van der Waals surface area contributed by atoms with Crippen molar-refractivity contribution in [2.45, 2.75) is 0 Å². The number of rotatable bonds is 4. The molecule has 0 saturated carbocycles. The first-order valence-electron chi connectivity index (χ1n) is 18.0. The largest absolute Gasteiger partial charge is 0.456 e. The highest BCUT2D eigenvalue weighted by Gasteiger charge is 2.18. The summed E-state index contributed by atoms with van der Waals surface area (Å²) in [5.74, 6) is 0.609. The second kappa shape index (κ2) is 10.2. The van der Waals surface area contributed by atoms with Crippen molar-refractivity contribution >= 4 is 43.5 Å². The molecule has 0 aliphatic carbocycles. The average Bonchev–Trinajstić information content (AvgIpc) is 3.58. The van der Waals surface area contributed by atoms with Gasteiger partial charge in [-0.25, -0.2) is 15.0 Å². The summed E-state index contributed by atoms with van der Waals surface area (Å²) < 4.78 is 66.0. The quantitative estimate of drug-likeness (QED) is 0.207. The molecular formula is C41H25N3O. The van der Waals surface area contributed by atoms with Crippen molar-refractivity contribution in [1.82, 2.24) is 15.0 Å². The minimum Gasteiger partial charge on any atom is -0.456 e. The lowest BCUT2D eigenvalue weighted by Crippen LogP contribution is -2.00. The first-order valence-corrected chi connectivity index (χ1v) is 14.5. The Morgan fingerprint density at radius 3 is 2.02 bits per heavy atom. The second-order valence-electron chi connectivity index (χ2n) is 10.7. The van der Waals surface area contributed by atoms with Gasteiger partial charge in [0, 0.05) is 27.5 Å². The summed E-state index contributed by atoms with van der Waals surface area (Å²) >= 11 is 0. The number of furan rings is 1. The van der Waals surface area contributed by atoms with Gasteiger partial charge in [0.1, 0.15) is 11.2 Å². The molecule has 7 aromatic carbocycles. The molecule has 0 atom stereocenters. The summed E-state index contributed by atoms with van der Waals surface area (Å²) in [5, 5.41) is 4.38. The molecule has 9 aromatic rings. The molecule has 0 aliphatic heterocycles. The highest BCUT2D eigenvalue weighted by Crippen LogP contribution is 2.37. The Labute approximate surface area is 269 Å². The van der Waals surface area contributed by atoms with Crippen LogP contribution in [0.1, 0.15) is 9.60 Å². The van der Waals surface area contributed by atoms with E-state index in [0.29, 0.717) is 22.8 Å². The smallest absolute Gasteiger partial charge is 0.164 e. The summed E-state index contributed by atoms with van der Waals surface area (Å²) in [6, 6.07) is 33.1. The van der Waals surface area contributed by atoms with Gasteiger partial charge < -0.3 is 4.42 Å². The highest BCUT2D eigenvalue weighted by molar-refractivity contribution is 6.11. The van der Waals surface area contributed by atoms with Gasteiger partial charge in [-0.2, -0.15) is 0 Å². The van der Waals surface area contributed by atoms with E-state index in [1.165, 1.54) is 10.8 Å².